The molecule has 0 radical (unpaired) electrons. The van der Waals surface area contributed by atoms with E-state index in [4.69, 9.17) is 15.3 Å². The third kappa shape index (κ3) is 3.39. The van der Waals surface area contributed by atoms with Gasteiger partial charge in [-0.05, 0) is 25.8 Å². The highest BCUT2D eigenvalue weighted by Crippen LogP contribution is 2.23. The van der Waals surface area contributed by atoms with E-state index in [0.717, 1.165) is 26.2 Å². The van der Waals surface area contributed by atoms with E-state index in [2.05, 4.69) is 17.2 Å². The highest BCUT2D eigenvalue weighted by atomic mass is 16.5. The van der Waals surface area contributed by atoms with Crippen LogP contribution in [0.25, 0.3) is 0 Å². The fraction of sp³-hybridized carbons (Fsp3) is 1.00. The molecule has 5 heteroatoms. The highest BCUT2D eigenvalue weighted by molar-refractivity contribution is 4.89. The van der Waals surface area contributed by atoms with Crippen LogP contribution in [0.4, 0.5) is 0 Å². The van der Waals surface area contributed by atoms with Gasteiger partial charge in [0.1, 0.15) is 0 Å². The summed E-state index contributed by atoms with van der Waals surface area (Å²) in [6, 6.07) is 0.740. The smallest absolute Gasteiger partial charge is 0.0891 e. The molecule has 0 aromatic heterocycles. The first kappa shape index (κ1) is 13.2. The third-order valence-electron chi connectivity index (χ3n) is 3.72. The largest absolute Gasteiger partial charge is 0.380 e. The number of nitrogens with zero attached hydrogens (tertiary/aromatic N) is 1. The molecule has 0 spiro atoms. The molecular formula is C12H25N3O2. The van der Waals surface area contributed by atoms with Gasteiger partial charge in [0, 0.05) is 19.2 Å². The Labute approximate surface area is 104 Å². The van der Waals surface area contributed by atoms with Gasteiger partial charge in [-0.2, -0.15) is 0 Å². The molecule has 2 aliphatic rings. The number of nitrogens with one attached hydrogen (secondary N) is 1. The lowest BCUT2D eigenvalue weighted by molar-refractivity contribution is -0.0769. The van der Waals surface area contributed by atoms with Gasteiger partial charge in [-0.3, -0.25) is 16.2 Å². The number of hydrogen-bond acceptors (Lipinski definition) is 5. The Balaban J connectivity index is 1.78. The summed E-state index contributed by atoms with van der Waals surface area (Å²) < 4.78 is 11.5. The van der Waals surface area contributed by atoms with E-state index < -0.39 is 0 Å². The topological polar surface area (TPSA) is 59.8 Å². The van der Waals surface area contributed by atoms with Crippen LogP contribution in [-0.2, 0) is 9.47 Å². The van der Waals surface area contributed by atoms with Gasteiger partial charge in [0.15, 0.2) is 0 Å². The maximum Gasteiger partial charge on any atom is 0.0891 e. The predicted molar refractivity (Wildman–Crippen MR) is 66.6 cm³/mol. The van der Waals surface area contributed by atoms with E-state index in [1.165, 1.54) is 19.4 Å². The Morgan fingerprint density at radius 3 is 3.24 bits per heavy atom. The molecule has 3 N–H and O–H groups in total. The van der Waals surface area contributed by atoms with Crippen LogP contribution >= 0.6 is 0 Å². The molecule has 2 fully saturated rings. The predicted octanol–water partition coefficient (Wildman–Crippen LogP) is 0.108. The Hall–Kier alpha value is -0.200. The number of ether oxygens (including phenoxy) is 2. The van der Waals surface area contributed by atoms with Crippen molar-refractivity contribution in [2.24, 2.45) is 5.84 Å². The first-order valence-electron chi connectivity index (χ1n) is 6.74. The van der Waals surface area contributed by atoms with Crippen molar-refractivity contribution >= 4 is 0 Å². The average Bonchev–Trinajstić information content (AvgIpc) is 2.82. The lowest BCUT2D eigenvalue weighted by Crippen LogP contribution is -2.57. The molecule has 2 aliphatic heterocycles. The first-order valence-corrected chi connectivity index (χ1v) is 6.74. The van der Waals surface area contributed by atoms with Crippen molar-refractivity contribution in [2.75, 3.05) is 32.9 Å². The van der Waals surface area contributed by atoms with Crippen molar-refractivity contribution in [3.63, 3.8) is 0 Å². The molecule has 3 atom stereocenters. The summed E-state index contributed by atoms with van der Waals surface area (Å²) >= 11 is 0. The molecule has 100 valence electrons. The van der Waals surface area contributed by atoms with E-state index in [0.29, 0.717) is 12.6 Å². The van der Waals surface area contributed by atoms with E-state index in [-0.39, 0.29) is 12.1 Å². The molecule has 2 saturated heterocycles. The molecule has 0 aromatic carbocycles. The Morgan fingerprint density at radius 2 is 2.47 bits per heavy atom. The molecular weight excluding hydrogens is 218 g/mol. The summed E-state index contributed by atoms with van der Waals surface area (Å²) in [6.07, 6.45) is 3.77. The number of hydrogen-bond donors (Lipinski definition) is 2. The SMILES string of the molecule is CCCOCC(NN)C1CN2CCCC2CO1. The minimum atomic E-state index is 0.100. The zero-order chi connectivity index (χ0) is 12.1. The lowest BCUT2D eigenvalue weighted by Gasteiger charge is -2.38. The number of morpholine rings is 1. The Morgan fingerprint density at radius 1 is 1.59 bits per heavy atom. The summed E-state index contributed by atoms with van der Waals surface area (Å²) in [5.74, 6) is 5.59. The molecule has 2 rings (SSSR count). The highest BCUT2D eigenvalue weighted by Gasteiger charge is 2.35. The average molecular weight is 243 g/mol. The summed E-state index contributed by atoms with van der Waals surface area (Å²) in [5, 5.41) is 0. The zero-order valence-corrected chi connectivity index (χ0v) is 10.7. The quantitative estimate of drug-likeness (QED) is 0.394. The maximum atomic E-state index is 5.91. The molecule has 0 aromatic rings. The number of hydrazine groups is 1. The van der Waals surface area contributed by atoms with Crippen LogP contribution in [0, 0.1) is 0 Å². The zero-order valence-electron chi connectivity index (χ0n) is 10.7. The van der Waals surface area contributed by atoms with Gasteiger partial charge in [0.25, 0.3) is 0 Å². The van der Waals surface area contributed by atoms with E-state index in [9.17, 15) is 0 Å². The van der Waals surface area contributed by atoms with Gasteiger partial charge in [0.05, 0.1) is 25.4 Å². The monoisotopic (exact) mass is 243 g/mol. The Bertz CT molecular complexity index is 228. The molecule has 0 aliphatic carbocycles. The normalized spacial score (nSPS) is 31.4. The van der Waals surface area contributed by atoms with Gasteiger partial charge in [-0.15, -0.1) is 0 Å². The van der Waals surface area contributed by atoms with E-state index in [1.54, 1.807) is 0 Å². The standard InChI is InChI=1S/C12H25N3O2/c1-2-6-16-9-11(14-13)12-7-15-5-3-4-10(15)8-17-12/h10-12,14H,2-9,13H2,1H3. The number of rotatable bonds is 6. The third-order valence-corrected chi connectivity index (χ3v) is 3.72. The van der Waals surface area contributed by atoms with E-state index >= 15 is 0 Å². The molecule has 17 heavy (non-hydrogen) atoms. The Kier molecular flexibility index (Phi) is 5.18. The van der Waals surface area contributed by atoms with Gasteiger partial charge in [-0.1, -0.05) is 6.92 Å². The van der Waals surface area contributed by atoms with Crippen molar-refractivity contribution in [1.29, 1.82) is 0 Å². The van der Waals surface area contributed by atoms with Gasteiger partial charge >= 0.3 is 0 Å². The van der Waals surface area contributed by atoms with Crippen LogP contribution in [0.3, 0.4) is 0 Å². The van der Waals surface area contributed by atoms with Crippen LogP contribution in [0.1, 0.15) is 26.2 Å². The summed E-state index contributed by atoms with van der Waals surface area (Å²) in [6.45, 7) is 6.56. The second-order valence-corrected chi connectivity index (χ2v) is 5.01. The minimum absolute atomic E-state index is 0.100. The second-order valence-electron chi connectivity index (χ2n) is 5.01. The molecule has 0 amide bonds. The molecule has 0 bridgehead atoms. The molecule has 2 heterocycles. The van der Waals surface area contributed by atoms with Crippen molar-refractivity contribution in [2.45, 2.75) is 44.4 Å². The van der Waals surface area contributed by atoms with Crippen LogP contribution < -0.4 is 11.3 Å². The molecule has 0 saturated carbocycles. The van der Waals surface area contributed by atoms with Crippen molar-refractivity contribution in [3.8, 4) is 0 Å². The molecule has 3 unspecified atom stereocenters. The van der Waals surface area contributed by atoms with Gasteiger partial charge in [0.2, 0.25) is 0 Å². The fourth-order valence-electron chi connectivity index (χ4n) is 2.70. The maximum absolute atomic E-state index is 5.91. The van der Waals surface area contributed by atoms with Crippen LogP contribution in [0.2, 0.25) is 0 Å². The number of fused-ring (bicyclic) bond motifs is 1. The first-order chi connectivity index (χ1) is 8.35. The van der Waals surface area contributed by atoms with Crippen LogP contribution in [0.5, 0.6) is 0 Å². The van der Waals surface area contributed by atoms with E-state index in [1.807, 2.05) is 0 Å². The second kappa shape index (κ2) is 6.66. The van der Waals surface area contributed by atoms with Crippen molar-refractivity contribution < 1.29 is 9.47 Å². The van der Waals surface area contributed by atoms with Crippen molar-refractivity contribution in [1.82, 2.24) is 10.3 Å². The summed E-state index contributed by atoms with van der Waals surface area (Å²) in [7, 11) is 0. The molecule has 5 nitrogen and oxygen atoms in total. The minimum Gasteiger partial charge on any atom is -0.380 e. The lowest BCUT2D eigenvalue weighted by atomic mass is 10.1. The van der Waals surface area contributed by atoms with Gasteiger partial charge in [-0.25, -0.2) is 0 Å². The summed E-state index contributed by atoms with van der Waals surface area (Å²) in [5.41, 5.74) is 2.83. The summed E-state index contributed by atoms with van der Waals surface area (Å²) in [4.78, 5) is 2.53. The fourth-order valence-corrected chi connectivity index (χ4v) is 2.70. The van der Waals surface area contributed by atoms with Crippen LogP contribution in [-0.4, -0.2) is 56.0 Å². The van der Waals surface area contributed by atoms with Crippen molar-refractivity contribution in [3.05, 3.63) is 0 Å². The van der Waals surface area contributed by atoms with Crippen LogP contribution in [0.15, 0.2) is 0 Å². The number of nitrogens with two attached hydrogens (primary N) is 1. The van der Waals surface area contributed by atoms with Gasteiger partial charge < -0.3 is 9.47 Å².